The Morgan fingerprint density at radius 1 is 1.00 bits per heavy atom. The average Bonchev–Trinajstić information content (AvgIpc) is 2.76. The van der Waals surface area contributed by atoms with Gasteiger partial charge in [0.15, 0.2) is 0 Å². The number of hydrogen-bond acceptors (Lipinski definition) is 0. The largest absolute Gasteiger partial charge is 0.0848 e. The molecule has 3 aliphatic rings. The van der Waals surface area contributed by atoms with Gasteiger partial charge in [-0.05, 0) is 66.5 Å². The van der Waals surface area contributed by atoms with Gasteiger partial charge in [0.1, 0.15) is 0 Å². The maximum absolute atomic E-state index is 2.50. The van der Waals surface area contributed by atoms with Crippen molar-refractivity contribution >= 4 is 6.08 Å². The van der Waals surface area contributed by atoms with Crippen molar-refractivity contribution < 1.29 is 0 Å². The number of allylic oxidation sites excluding steroid dienone is 3. The highest BCUT2D eigenvalue weighted by Crippen LogP contribution is 2.67. The van der Waals surface area contributed by atoms with Crippen LogP contribution in [0.25, 0.3) is 6.08 Å². The Morgan fingerprint density at radius 3 is 2.22 bits per heavy atom. The Kier molecular flexibility index (Phi) is 2.12. The van der Waals surface area contributed by atoms with E-state index in [9.17, 15) is 0 Å². The Balaban J connectivity index is 1.55. The third-order valence-electron chi connectivity index (χ3n) is 5.36. The SMILES string of the molecule is Cc1cccc(C)c1/C=C/C1C2C3C=CC(C3)C12. The van der Waals surface area contributed by atoms with E-state index in [0.29, 0.717) is 0 Å². The molecule has 2 bridgehead atoms. The lowest BCUT2D eigenvalue weighted by atomic mass is 9.98. The Hall–Kier alpha value is -1.30. The summed E-state index contributed by atoms with van der Waals surface area (Å²) in [6, 6.07) is 6.58. The summed E-state index contributed by atoms with van der Waals surface area (Å²) in [5, 5.41) is 0. The van der Waals surface area contributed by atoms with Crippen LogP contribution in [0.4, 0.5) is 0 Å². The van der Waals surface area contributed by atoms with E-state index in [0.717, 1.165) is 29.6 Å². The molecule has 2 fully saturated rings. The Morgan fingerprint density at radius 2 is 1.61 bits per heavy atom. The van der Waals surface area contributed by atoms with Gasteiger partial charge in [0.2, 0.25) is 0 Å². The van der Waals surface area contributed by atoms with Crippen LogP contribution in [0, 0.1) is 43.4 Å². The Labute approximate surface area is 109 Å². The minimum absolute atomic E-state index is 0.864. The highest BCUT2D eigenvalue weighted by molar-refractivity contribution is 5.58. The summed E-state index contributed by atoms with van der Waals surface area (Å²) in [5.41, 5.74) is 4.24. The molecule has 4 rings (SSSR count). The van der Waals surface area contributed by atoms with Gasteiger partial charge in [-0.3, -0.25) is 0 Å². The summed E-state index contributed by atoms with van der Waals surface area (Å²) in [6.07, 6.45) is 11.3. The fourth-order valence-electron chi connectivity index (χ4n) is 4.41. The van der Waals surface area contributed by atoms with E-state index in [1.807, 2.05) is 0 Å². The van der Waals surface area contributed by atoms with E-state index in [2.05, 4.69) is 56.4 Å². The molecule has 0 aliphatic heterocycles. The van der Waals surface area contributed by atoms with E-state index >= 15 is 0 Å². The van der Waals surface area contributed by atoms with Gasteiger partial charge >= 0.3 is 0 Å². The number of rotatable bonds is 2. The van der Waals surface area contributed by atoms with E-state index in [1.165, 1.54) is 23.1 Å². The fraction of sp³-hybridized carbons (Fsp3) is 0.444. The van der Waals surface area contributed by atoms with Crippen molar-refractivity contribution in [2.24, 2.45) is 29.6 Å². The monoisotopic (exact) mass is 236 g/mol. The maximum atomic E-state index is 2.50. The summed E-state index contributed by atoms with van der Waals surface area (Å²) in [6.45, 7) is 4.43. The third kappa shape index (κ3) is 1.38. The molecule has 0 N–H and O–H groups in total. The first-order valence-corrected chi connectivity index (χ1v) is 7.18. The van der Waals surface area contributed by atoms with Crippen LogP contribution in [-0.4, -0.2) is 0 Å². The van der Waals surface area contributed by atoms with Gasteiger partial charge in [-0.2, -0.15) is 0 Å². The molecule has 0 heteroatoms. The van der Waals surface area contributed by atoms with Crippen LogP contribution in [0.15, 0.2) is 36.4 Å². The van der Waals surface area contributed by atoms with Gasteiger partial charge in [0.05, 0.1) is 0 Å². The van der Waals surface area contributed by atoms with Crippen LogP contribution in [-0.2, 0) is 0 Å². The second kappa shape index (κ2) is 3.60. The average molecular weight is 236 g/mol. The second-order valence-corrected chi connectivity index (χ2v) is 6.34. The van der Waals surface area contributed by atoms with Crippen LogP contribution in [0.1, 0.15) is 23.1 Å². The number of benzene rings is 1. The van der Waals surface area contributed by atoms with Crippen LogP contribution in [0.2, 0.25) is 0 Å². The first-order valence-electron chi connectivity index (χ1n) is 7.18. The summed E-state index contributed by atoms with van der Waals surface area (Å²) < 4.78 is 0. The lowest BCUT2D eigenvalue weighted by molar-refractivity contribution is 0.530. The molecule has 0 spiro atoms. The molecule has 3 aliphatic carbocycles. The molecule has 0 nitrogen and oxygen atoms in total. The highest BCUT2D eigenvalue weighted by atomic mass is 14.7. The molecule has 0 amide bonds. The molecule has 18 heavy (non-hydrogen) atoms. The quantitative estimate of drug-likeness (QED) is 0.668. The zero-order valence-electron chi connectivity index (χ0n) is 11.1. The summed E-state index contributed by atoms with van der Waals surface area (Å²) in [7, 11) is 0. The molecular formula is C18H20. The van der Waals surface area contributed by atoms with Crippen molar-refractivity contribution in [2.75, 3.05) is 0 Å². The first-order chi connectivity index (χ1) is 8.75. The first kappa shape index (κ1) is 10.6. The highest BCUT2D eigenvalue weighted by Gasteiger charge is 2.61. The van der Waals surface area contributed by atoms with Crippen LogP contribution >= 0.6 is 0 Å². The Bertz CT molecular complexity index is 511. The maximum Gasteiger partial charge on any atom is -0.0156 e. The van der Waals surface area contributed by atoms with Crippen molar-refractivity contribution in [3.63, 3.8) is 0 Å². The van der Waals surface area contributed by atoms with Gasteiger partial charge in [0, 0.05) is 0 Å². The normalized spacial score (nSPS) is 39.6. The van der Waals surface area contributed by atoms with Gasteiger partial charge in [-0.1, -0.05) is 42.5 Å². The second-order valence-electron chi connectivity index (χ2n) is 6.34. The smallest absolute Gasteiger partial charge is 0.0156 e. The van der Waals surface area contributed by atoms with Crippen LogP contribution < -0.4 is 0 Å². The zero-order valence-corrected chi connectivity index (χ0v) is 11.1. The van der Waals surface area contributed by atoms with Gasteiger partial charge in [-0.15, -0.1) is 0 Å². The standard InChI is InChI=1S/C18H20/c1-11-4-3-5-12(2)15(11)8-9-16-17-13-6-7-14(10-13)18(16)17/h3-9,13-14,16-18H,10H2,1-2H3/b9-8+. The van der Waals surface area contributed by atoms with Gasteiger partial charge < -0.3 is 0 Å². The molecule has 1 aromatic rings. The molecule has 4 unspecified atom stereocenters. The summed E-state index contributed by atoms with van der Waals surface area (Å²) in [5.74, 6) is 4.66. The van der Waals surface area contributed by atoms with Gasteiger partial charge in [0.25, 0.3) is 0 Å². The number of aryl methyl sites for hydroxylation is 2. The van der Waals surface area contributed by atoms with Gasteiger partial charge in [-0.25, -0.2) is 0 Å². The van der Waals surface area contributed by atoms with Crippen molar-refractivity contribution in [2.45, 2.75) is 20.3 Å². The third-order valence-corrected chi connectivity index (χ3v) is 5.36. The zero-order chi connectivity index (χ0) is 12.3. The summed E-state index contributed by atoms with van der Waals surface area (Å²) in [4.78, 5) is 0. The minimum atomic E-state index is 0.864. The topological polar surface area (TPSA) is 0 Å². The number of fused-ring (bicyclic) bond motifs is 5. The van der Waals surface area contributed by atoms with E-state index in [-0.39, 0.29) is 0 Å². The predicted molar refractivity (Wildman–Crippen MR) is 76.2 cm³/mol. The van der Waals surface area contributed by atoms with Crippen molar-refractivity contribution in [1.29, 1.82) is 0 Å². The summed E-state index contributed by atoms with van der Waals surface area (Å²) >= 11 is 0. The molecule has 2 saturated carbocycles. The van der Waals surface area contributed by atoms with E-state index < -0.39 is 0 Å². The number of hydrogen-bond donors (Lipinski definition) is 0. The fourth-order valence-corrected chi connectivity index (χ4v) is 4.41. The van der Waals surface area contributed by atoms with E-state index in [1.54, 1.807) is 0 Å². The van der Waals surface area contributed by atoms with Crippen molar-refractivity contribution in [1.82, 2.24) is 0 Å². The van der Waals surface area contributed by atoms with Crippen LogP contribution in [0.5, 0.6) is 0 Å². The lowest BCUT2D eigenvalue weighted by Gasteiger charge is -2.07. The molecule has 0 heterocycles. The molecular weight excluding hydrogens is 216 g/mol. The molecule has 0 radical (unpaired) electrons. The van der Waals surface area contributed by atoms with Crippen molar-refractivity contribution in [3.8, 4) is 0 Å². The molecule has 1 aromatic carbocycles. The van der Waals surface area contributed by atoms with Crippen LogP contribution in [0.3, 0.4) is 0 Å². The molecule has 4 atom stereocenters. The van der Waals surface area contributed by atoms with Crippen molar-refractivity contribution in [3.05, 3.63) is 53.1 Å². The molecule has 0 aromatic heterocycles. The lowest BCUT2D eigenvalue weighted by Crippen LogP contribution is -1.96. The minimum Gasteiger partial charge on any atom is -0.0848 e. The molecule has 0 saturated heterocycles. The van der Waals surface area contributed by atoms with E-state index in [4.69, 9.17) is 0 Å². The molecule has 92 valence electrons. The predicted octanol–water partition coefficient (Wildman–Crippen LogP) is 4.38.